The molecule has 3 nitrogen and oxygen atoms in total. The third kappa shape index (κ3) is 2.47. The van der Waals surface area contributed by atoms with Crippen molar-refractivity contribution >= 4 is 21.8 Å². The Bertz CT molecular complexity index is 1020. The van der Waals surface area contributed by atoms with Gasteiger partial charge in [0.05, 0.1) is 17.8 Å². The molecule has 0 aliphatic heterocycles. The van der Waals surface area contributed by atoms with Crippen LogP contribution in [0.25, 0.3) is 32.9 Å². The number of nitrogens with one attached hydrogen (secondary N) is 1. The summed E-state index contributed by atoms with van der Waals surface area (Å²) in [7, 11) is 1.73. The maximum absolute atomic E-state index is 5.25. The normalized spacial score (nSPS) is 11.4. The molecule has 4 aromatic rings. The zero-order valence-corrected chi connectivity index (χ0v) is 14.0. The van der Waals surface area contributed by atoms with Gasteiger partial charge in [-0.3, -0.25) is 4.98 Å². The second-order valence-corrected chi connectivity index (χ2v) is 6.05. The lowest BCUT2D eigenvalue weighted by atomic mass is 10.0. The average Bonchev–Trinajstić information content (AvgIpc) is 3.00. The lowest BCUT2D eigenvalue weighted by Crippen LogP contribution is -1.88. The van der Waals surface area contributed by atoms with Crippen molar-refractivity contribution < 1.29 is 4.74 Å². The van der Waals surface area contributed by atoms with Gasteiger partial charge in [-0.1, -0.05) is 31.2 Å². The Labute approximate surface area is 141 Å². The molecule has 4 rings (SSSR count). The summed E-state index contributed by atoms with van der Waals surface area (Å²) in [5.74, 6) is 0. The molecular weight excluding hydrogens is 296 g/mol. The van der Waals surface area contributed by atoms with Crippen LogP contribution >= 0.6 is 0 Å². The first-order chi connectivity index (χ1) is 11.8. The summed E-state index contributed by atoms with van der Waals surface area (Å²) in [5.41, 5.74) is 7.05. The fourth-order valence-corrected chi connectivity index (χ4v) is 3.33. The Morgan fingerprint density at radius 2 is 1.88 bits per heavy atom. The molecule has 2 aromatic heterocycles. The standard InChI is InChI=1S/C21H20N2O/c1-3-19-21-17(9-10-22-19)18-12-16(7-8-20(18)23-21)15-6-4-5-14(11-15)13-24-2/h4-12,23H,3,13H2,1-2H3. The molecule has 0 amide bonds. The van der Waals surface area contributed by atoms with Crippen LogP contribution in [0.15, 0.2) is 54.7 Å². The Hall–Kier alpha value is -2.65. The van der Waals surface area contributed by atoms with Gasteiger partial charge in [-0.2, -0.15) is 0 Å². The van der Waals surface area contributed by atoms with E-state index in [0.29, 0.717) is 6.61 Å². The van der Waals surface area contributed by atoms with Crippen LogP contribution < -0.4 is 0 Å². The van der Waals surface area contributed by atoms with Gasteiger partial charge in [-0.05, 0) is 47.4 Å². The minimum absolute atomic E-state index is 0.634. The first-order valence-electron chi connectivity index (χ1n) is 8.27. The Balaban J connectivity index is 1.89. The Morgan fingerprint density at radius 3 is 2.71 bits per heavy atom. The highest BCUT2D eigenvalue weighted by Gasteiger charge is 2.09. The second-order valence-electron chi connectivity index (χ2n) is 6.05. The highest BCUT2D eigenvalue weighted by Crippen LogP contribution is 2.31. The molecule has 24 heavy (non-hydrogen) atoms. The fraction of sp³-hybridized carbons (Fsp3) is 0.190. The third-order valence-corrected chi connectivity index (χ3v) is 4.51. The zero-order valence-electron chi connectivity index (χ0n) is 14.0. The molecular formula is C21H20N2O. The van der Waals surface area contributed by atoms with E-state index in [1.807, 2.05) is 6.20 Å². The zero-order chi connectivity index (χ0) is 16.5. The van der Waals surface area contributed by atoms with Crippen LogP contribution in [0.1, 0.15) is 18.2 Å². The molecule has 3 heteroatoms. The van der Waals surface area contributed by atoms with E-state index in [2.05, 4.69) is 65.4 Å². The van der Waals surface area contributed by atoms with Crippen LogP contribution in [-0.4, -0.2) is 17.1 Å². The summed E-state index contributed by atoms with van der Waals surface area (Å²) in [5, 5.41) is 2.49. The topological polar surface area (TPSA) is 37.9 Å². The van der Waals surface area contributed by atoms with Gasteiger partial charge < -0.3 is 9.72 Å². The minimum Gasteiger partial charge on any atom is -0.380 e. The number of aromatic nitrogens is 2. The van der Waals surface area contributed by atoms with Gasteiger partial charge >= 0.3 is 0 Å². The maximum atomic E-state index is 5.25. The van der Waals surface area contributed by atoms with Gasteiger partial charge in [0.25, 0.3) is 0 Å². The van der Waals surface area contributed by atoms with Crippen LogP contribution in [-0.2, 0) is 17.8 Å². The predicted octanol–water partition coefficient (Wildman–Crippen LogP) is 5.09. The van der Waals surface area contributed by atoms with Crippen LogP contribution in [0, 0.1) is 0 Å². The van der Waals surface area contributed by atoms with Gasteiger partial charge in [-0.15, -0.1) is 0 Å². The monoisotopic (exact) mass is 316 g/mol. The van der Waals surface area contributed by atoms with Gasteiger partial charge in [0, 0.05) is 29.6 Å². The maximum Gasteiger partial charge on any atom is 0.0713 e. The lowest BCUT2D eigenvalue weighted by Gasteiger charge is -2.05. The SMILES string of the molecule is CCc1nccc2c1[nH]c1ccc(-c3cccc(COC)c3)cc12. The Kier molecular flexibility index (Phi) is 3.79. The van der Waals surface area contributed by atoms with E-state index in [-0.39, 0.29) is 0 Å². The van der Waals surface area contributed by atoms with E-state index < -0.39 is 0 Å². The van der Waals surface area contributed by atoms with Crippen molar-refractivity contribution in [1.82, 2.24) is 9.97 Å². The summed E-state index contributed by atoms with van der Waals surface area (Å²) in [6, 6.07) is 17.2. The van der Waals surface area contributed by atoms with Gasteiger partial charge in [0.15, 0.2) is 0 Å². The largest absolute Gasteiger partial charge is 0.380 e. The number of aromatic amines is 1. The Morgan fingerprint density at radius 1 is 1.00 bits per heavy atom. The molecule has 120 valence electrons. The molecule has 2 heterocycles. The number of pyridine rings is 1. The first kappa shape index (κ1) is 14.9. The third-order valence-electron chi connectivity index (χ3n) is 4.51. The molecule has 0 radical (unpaired) electrons. The molecule has 0 saturated heterocycles. The van der Waals surface area contributed by atoms with Crippen LogP contribution in [0.3, 0.4) is 0 Å². The molecule has 0 spiro atoms. The van der Waals surface area contributed by atoms with Crippen LogP contribution in [0.5, 0.6) is 0 Å². The van der Waals surface area contributed by atoms with E-state index in [0.717, 1.165) is 23.1 Å². The number of rotatable bonds is 4. The van der Waals surface area contributed by atoms with Crippen molar-refractivity contribution in [3.63, 3.8) is 0 Å². The number of methoxy groups -OCH3 is 1. The van der Waals surface area contributed by atoms with E-state index >= 15 is 0 Å². The highest BCUT2D eigenvalue weighted by molar-refractivity contribution is 6.09. The van der Waals surface area contributed by atoms with E-state index in [4.69, 9.17) is 4.74 Å². The summed E-state index contributed by atoms with van der Waals surface area (Å²) in [4.78, 5) is 8.01. The molecule has 1 N–H and O–H groups in total. The summed E-state index contributed by atoms with van der Waals surface area (Å²) >= 11 is 0. The number of aryl methyl sites for hydroxylation is 1. The summed E-state index contributed by atoms with van der Waals surface area (Å²) < 4.78 is 5.25. The fourth-order valence-electron chi connectivity index (χ4n) is 3.33. The number of hydrogen-bond acceptors (Lipinski definition) is 2. The van der Waals surface area contributed by atoms with Crippen molar-refractivity contribution in [3.8, 4) is 11.1 Å². The number of ether oxygens (including phenoxy) is 1. The summed E-state index contributed by atoms with van der Waals surface area (Å²) in [6.07, 6.45) is 2.83. The number of H-pyrrole nitrogens is 1. The molecule has 0 atom stereocenters. The average molecular weight is 316 g/mol. The molecule has 0 bridgehead atoms. The van der Waals surface area contributed by atoms with Gasteiger partial charge in [-0.25, -0.2) is 0 Å². The molecule has 0 aliphatic rings. The molecule has 0 saturated carbocycles. The number of nitrogens with zero attached hydrogens (tertiary/aromatic N) is 1. The molecule has 0 unspecified atom stereocenters. The number of hydrogen-bond donors (Lipinski definition) is 1. The van der Waals surface area contributed by atoms with Crippen molar-refractivity contribution in [3.05, 3.63) is 66.0 Å². The highest BCUT2D eigenvalue weighted by atomic mass is 16.5. The molecule has 0 aliphatic carbocycles. The van der Waals surface area contributed by atoms with Crippen LogP contribution in [0.2, 0.25) is 0 Å². The smallest absolute Gasteiger partial charge is 0.0713 e. The van der Waals surface area contributed by atoms with Crippen LogP contribution in [0.4, 0.5) is 0 Å². The van der Waals surface area contributed by atoms with Crippen molar-refractivity contribution in [2.24, 2.45) is 0 Å². The van der Waals surface area contributed by atoms with E-state index in [9.17, 15) is 0 Å². The first-order valence-corrected chi connectivity index (χ1v) is 8.27. The molecule has 2 aromatic carbocycles. The number of fused-ring (bicyclic) bond motifs is 3. The molecule has 0 fully saturated rings. The van der Waals surface area contributed by atoms with Gasteiger partial charge in [0.1, 0.15) is 0 Å². The van der Waals surface area contributed by atoms with E-state index in [1.54, 1.807) is 7.11 Å². The van der Waals surface area contributed by atoms with Crippen molar-refractivity contribution in [1.29, 1.82) is 0 Å². The lowest BCUT2D eigenvalue weighted by molar-refractivity contribution is 0.185. The minimum atomic E-state index is 0.634. The van der Waals surface area contributed by atoms with Crippen molar-refractivity contribution in [2.45, 2.75) is 20.0 Å². The summed E-state index contributed by atoms with van der Waals surface area (Å²) in [6.45, 7) is 2.77. The second kappa shape index (κ2) is 6.10. The van der Waals surface area contributed by atoms with Crippen molar-refractivity contribution in [2.75, 3.05) is 7.11 Å². The van der Waals surface area contributed by atoms with Gasteiger partial charge in [0.2, 0.25) is 0 Å². The van der Waals surface area contributed by atoms with E-state index in [1.165, 1.54) is 27.5 Å². The predicted molar refractivity (Wildman–Crippen MR) is 99.1 cm³/mol. The quantitative estimate of drug-likeness (QED) is 0.569. The number of benzene rings is 2.